The first-order valence-corrected chi connectivity index (χ1v) is 6.79. The Balaban J connectivity index is 1.59. The van der Waals surface area contributed by atoms with Gasteiger partial charge in [-0.1, -0.05) is 0 Å². The molecule has 3 heterocycles. The molecule has 2 aliphatic heterocycles. The molecule has 17 heavy (non-hydrogen) atoms. The smallest absolute Gasteiger partial charge is 0.146 e. The van der Waals surface area contributed by atoms with E-state index in [1.54, 1.807) is 12.5 Å². The third-order valence-corrected chi connectivity index (χ3v) is 4.04. The van der Waals surface area contributed by atoms with E-state index in [0.29, 0.717) is 6.04 Å². The summed E-state index contributed by atoms with van der Waals surface area (Å²) >= 11 is 3.50. The standard InChI is InChI=1S/C11H16BrN5/c12-10-5-14-8-15-11(10)17-6-9(7-17)16-3-1-13-2-4-16/h5,8-9,13H,1-4,6-7H2. The molecule has 1 aromatic heterocycles. The number of rotatable bonds is 2. The van der Waals surface area contributed by atoms with E-state index in [4.69, 9.17) is 0 Å². The van der Waals surface area contributed by atoms with E-state index in [-0.39, 0.29) is 0 Å². The van der Waals surface area contributed by atoms with E-state index in [0.717, 1.165) is 36.5 Å². The molecule has 0 unspecified atom stereocenters. The van der Waals surface area contributed by atoms with Crippen LogP contribution in [0.2, 0.25) is 0 Å². The van der Waals surface area contributed by atoms with Gasteiger partial charge in [0.2, 0.25) is 0 Å². The Morgan fingerprint density at radius 2 is 2.06 bits per heavy atom. The van der Waals surface area contributed by atoms with Gasteiger partial charge in [0.15, 0.2) is 0 Å². The van der Waals surface area contributed by atoms with Crippen LogP contribution in [-0.4, -0.2) is 60.2 Å². The highest BCUT2D eigenvalue weighted by atomic mass is 79.9. The van der Waals surface area contributed by atoms with Gasteiger partial charge in [-0.05, 0) is 15.9 Å². The van der Waals surface area contributed by atoms with Crippen LogP contribution >= 0.6 is 15.9 Å². The third kappa shape index (κ3) is 2.29. The average molecular weight is 298 g/mol. The third-order valence-electron chi connectivity index (χ3n) is 3.48. The molecule has 2 fully saturated rings. The van der Waals surface area contributed by atoms with Gasteiger partial charge in [-0.3, -0.25) is 4.90 Å². The molecule has 1 aromatic rings. The topological polar surface area (TPSA) is 44.3 Å². The van der Waals surface area contributed by atoms with Crippen molar-refractivity contribution < 1.29 is 0 Å². The molecule has 0 aliphatic carbocycles. The molecule has 1 N–H and O–H groups in total. The zero-order chi connectivity index (χ0) is 11.7. The van der Waals surface area contributed by atoms with Crippen molar-refractivity contribution in [3.8, 4) is 0 Å². The normalized spacial score (nSPS) is 22.5. The minimum absolute atomic E-state index is 0.693. The first kappa shape index (κ1) is 11.4. The van der Waals surface area contributed by atoms with Crippen LogP contribution < -0.4 is 10.2 Å². The van der Waals surface area contributed by atoms with Gasteiger partial charge < -0.3 is 10.2 Å². The lowest BCUT2D eigenvalue weighted by atomic mass is 10.1. The van der Waals surface area contributed by atoms with Crippen molar-refractivity contribution in [2.75, 3.05) is 44.2 Å². The lowest BCUT2D eigenvalue weighted by Gasteiger charge is -2.47. The minimum atomic E-state index is 0.693. The van der Waals surface area contributed by atoms with Crippen molar-refractivity contribution in [3.63, 3.8) is 0 Å². The lowest BCUT2D eigenvalue weighted by molar-refractivity contribution is 0.147. The van der Waals surface area contributed by atoms with Crippen LogP contribution in [0.4, 0.5) is 5.82 Å². The molecule has 0 bridgehead atoms. The van der Waals surface area contributed by atoms with Crippen LogP contribution in [-0.2, 0) is 0 Å². The maximum absolute atomic E-state index is 4.32. The number of anilines is 1. The summed E-state index contributed by atoms with van der Waals surface area (Å²) in [5.74, 6) is 1.02. The number of hydrogen-bond donors (Lipinski definition) is 1. The Hall–Kier alpha value is -0.720. The Kier molecular flexibility index (Phi) is 3.26. The summed E-state index contributed by atoms with van der Waals surface area (Å²) in [7, 11) is 0. The second kappa shape index (κ2) is 4.88. The SMILES string of the molecule is Brc1cncnc1N1CC(N2CCNCC2)C1. The predicted octanol–water partition coefficient (Wildman–Crippen LogP) is 0.333. The largest absolute Gasteiger partial charge is 0.352 e. The van der Waals surface area contributed by atoms with Crippen LogP contribution in [0.1, 0.15) is 0 Å². The van der Waals surface area contributed by atoms with E-state index in [1.165, 1.54) is 13.1 Å². The highest BCUT2D eigenvalue weighted by molar-refractivity contribution is 9.10. The van der Waals surface area contributed by atoms with Gasteiger partial charge in [-0.15, -0.1) is 0 Å². The van der Waals surface area contributed by atoms with Crippen LogP contribution in [0, 0.1) is 0 Å². The monoisotopic (exact) mass is 297 g/mol. The van der Waals surface area contributed by atoms with E-state index in [2.05, 4.69) is 41.0 Å². The molecule has 0 spiro atoms. The second-order valence-corrected chi connectivity index (χ2v) is 5.39. The van der Waals surface area contributed by atoms with Crippen LogP contribution in [0.25, 0.3) is 0 Å². The highest BCUT2D eigenvalue weighted by Gasteiger charge is 2.33. The molecule has 0 radical (unpaired) electrons. The van der Waals surface area contributed by atoms with E-state index in [1.807, 2.05) is 0 Å². The molecule has 0 amide bonds. The van der Waals surface area contributed by atoms with E-state index in [9.17, 15) is 0 Å². The van der Waals surface area contributed by atoms with Crippen molar-refractivity contribution in [2.24, 2.45) is 0 Å². The molecule has 2 aliphatic rings. The quantitative estimate of drug-likeness (QED) is 0.852. The van der Waals surface area contributed by atoms with Crippen molar-refractivity contribution in [3.05, 3.63) is 17.0 Å². The van der Waals surface area contributed by atoms with Gasteiger partial charge in [0.05, 0.1) is 4.47 Å². The van der Waals surface area contributed by atoms with E-state index >= 15 is 0 Å². The fraction of sp³-hybridized carbons (Fsp3) is 0.636. The number of piperazine rings is 1. The molecular weight excluding hydrogens is 282 g/mol. The summed E-state index contributed by atoms with van der Waals surface area (Å²) in [4.78, 5) is 13.2. The van der Waals surface area contributed by atoms with Gasteiger partial charge in [-0.25, -0.2) is 9.97 Å². The van der Waals surface area contributed by atoms with Crippen molar-refractivity contribution in [1.29, 1.82) is 0 Å². The average Bonchev–Trinajstić information content (AvgIpc) is 2.31. The first-order chi connectivity index (χ1) is 8.34. The van der Waals surface area contributed by atoms with Crippen molar-refractivity contribution >= 4 is 21.7 Å². The van der Waals surface area contributed by atoms with Crippen molar-refractivity contribution in [2.45, 2.75) is 6.04 Å². The maximum Gasteiger partial charge on any atom is 0.146 e. The molecule has 0 atom stereocenters. The summed E-state index contributed by atoms with van der Waals surface area (Å²) < 4.78 is 0.985. The number of halogens is 1. The number of nitrogens with one attached hydrogen (secondary N) is 1. The summed E-state index contributed by atoms with van der Waals surface area (Å²) in [6, 6.07) is 0.693. The molecule has 92 valence electrons. The Morgan fingerprint density at radius 3 is 2.76 bits per heavy atom. The van der Waals surface area contributed by atoms with Crippen LogP contribution in [0.3, 0.4) is 0 Å². The summed E-state index contributed by atoms with van der Waals surface area (Å²) in [6.07, 6.45) is 3.42. The Morgan fingerprint density at radius 1 is 1.29 bits per heavy atom. The zero-order valence-corrected chi connectivity index (χ0v) is 11.2. The summed E-state index contributed by atoms with van der Waals surface area (Å²) in [6.45, 7) is 6.74. The molecule has 6 heteroatoms. The molecule has 5 nitrogen and oxygen atoms in total. The van der Waals surface area contributed by atoms with Crippen LogP contribution in [0.15, 0.2) is 17.0 Å². The second-order valence-electron chi connectivity index (χ2n) is 4.54. The Labute approximate surface area is 109 Å². The summed E-state index contributed by atoms with van der Waals surface area (Å²) in [5.41, 5.74) is 0. The molecular formula is C11H16BrN5. The highest BCUT2D eigenvalue weighted by Crippen LogP contribution is 2.27. The predicted molar refractivity (Wildman–Crippen MR) is 70.2 cm³/mol. The van der Waals surface area contributed by atoms with Crippen molar-refractivity contribution in [1.82, 2.24) is 20.2 Å². The number of aromatic nitrogens is 2. The molecule has 0 aromatic carbocycles. The first-order valence-electron chi connectivity index (χ1n) is 6.00. The maximum atomic E-state index is 4.32. The molecule has 3 rings (SSSR count). The van der Waals surface area contributed by atoms with Gasteiger partial charge >= 0.3 is 0 Å². The zero-order valence-electron chi connectivity index (χ0n) is 9.64. The van der Waals surface area contributed by atoms with E-state index < -0.39 is 0 Å². The minimum Gasteiger partial charge on any atom is -0.352 e. The van der Waals surface area contributed by atoms with Gasteiger partial charge in [0, 0.05) is 51.5 Å². The lowest BCUT2D eigenvalue weighted by Crippen LogP contribution is -2.63. The molecule has 2 saturated heterocycles. The fourth-order valence-corrected chi connectivity index (χ4v) is 2.92. The van der Waals surface area contributed by atoms with Gasteiger partial charge in [-0.2, -0.15) is 0 Å². The Bertz CT molecular complexity index is 387. The van der Waals surface area contributed by atoms with Gasteiger partial charge in [0.1, 0.15) is 12.1 Å². The van der Waals surface area contributed by atoms with Gasteiger partial charge in [0.25, 0.3) is 0 Å². The fourth-order valence-electron chi connectivity index (χ4n) is 2.45. The number of nitrogens with zero attached hydrogens (tertiary/aromatic N) is 4. The molecule has 0 saturated carbocycles. The number of hydrogen-bond acceptors (Lipinski definition) is 5. The van der Waals surface area contributed by atoms with Crippen LogP contribution in [0.5, 0.6) is 0 Å². The summed E-state index contributed by atoms with van der Waals surface area (Å²) in [5, 5.41) is 3.39.